The highest BCUT2D eigenvalue weighted by molar-refractivity contribution is 6.31. The van der Waals surface area contributed by atoms with E-state index in [1.54, 1.807) is 30.3 Å². The Hall–Kier alpha value is -3.51. The largest absolute Gasteiger partial charge is 0.332 e. The van der Waals surface area contributed by atoms with Crippen molar-refractivity contribution in [2.75, 3.05) is 25.5 Å². The minimum atomic E-state index is -1.11. The molecule has 0 aromatic heterocycles. The van der Waals surface area contributed by atoms with Crippen LogP contribution >= 0.6 is 11.6 Å². The van der Waals surface area contributed by atoms with Crippen LogP contribution in [0.3, 0.4) is 0 Å². The van der Waals surface area contributed by atoms with Crippen molar-refractivity contribution in [2.45, 2.75) is 12.5 Å². The minimum absolute atomic E-state index is 0.00843. The lowest BCUT2D eigenvalue weighted by atomic mass is 10.1. The van der Waals surface area contributed by atoms with E-state index in [0.717, 1.165) is 11.0 Å². The predicted octanol–water partition coefficient (Wildman–Crippen LogP) is 3.07. The van der Waals surface area contributed by atoms with Crippen LogP contribution in [0, 0.1) is 28.9 Å². The summed E-state index contributed by atoms with van der Waals surface area (Å²) in [5.41, 5.74) is 0.117. The Bertz CT molecular complexity index is 1090. The molecule has 2 unspecified atom stereocenters. The molecule has 166 valence electrons. The van der Waals surface area contributed by atoms with Crippen LogP contribution in [0.2, 0.25) is 5.02 Å². The molecule has 32 heavy (non-hydrogen) atoms. The van der Waals surface area contributed by atoms with E-state index in [1.165, 1.54) is 11.9 Å². The van der Waals surface area contributed by atoms with E-state index < -0.39 is 52.5 Å². The number of hydrogen-bond acceptors (Lipinski definition) is 4. The van der Waals surface area contributed by atoms with Crippen LogP contribution in [-0.4, -0.2) is 53.7 Å². The molecule has 0 bridgehead atoms. The van der Waals surface area contributed by atoms with Gasteiger partial charge in [-0.05, 0) is 24.6 Å². The second-order valence-electron chi connectivity index (χ2n) is 7.39. The summed E-state index contributed by atoms with van der Waals surface area (Å²) < 4.78 is 27.3. The Labute approximate surface area is 188 Å². The first kappa shape index (κ1) is 23.2. The number of likely N-dealkylation sites (tertiary alicyclic amines) is 1. The van der Waals surface area contributed by atoms with Gasteiger partial charge in [0.2, 0.25) is 11.8 Å². The van der Waals surface area contributed by atoms with Gasteiger partial charge in [-0.15, -0.1) is 0 Å². The molecule has 7 nitrogen and oxygen atoms in total. The fourth-order valence-electron chi connectivity index (χ4n) is 3.45. The first-order valence-electron chi connectivity index (χ1n) is 9.66. The zero-order valence-electron chi connectivity index (χ0n) is 17.0. The lowest BCUT2D eigenvalue weighted by molar-refractivity contribution is -0.131. The summed E-state index contributed by atoms with van der Waals surface area (Å²) in [4.78, 5) is 40.0. The highest BCUT2D eigenvalue weighted by Gasteiger charge is 2.39. The van der Waals surface area contributed by atoms with Crippen molar-refractivity contribution < 1.29 is 23.2 Å². The Morgan fingerprint density at radius 2 is 1.91 bits per heavy atom. The first-order valence-corrected chi connectivity index (χ1v) is 10.0. The van der Waals surface area contributed by atoms with Crippen LogP contribution in [0.15, 0.2) is 42.5 Å². The standard InChI is InChI=1S/C22H19ClF2N4O3/c1-28(22(32)16-8-17(23)19(25)9-18(16)24)12-20(30)29-11-13(7-15(29)10-26)21(31)27-14-5-3-2-4-6-14/h2-6,8-9,13,15H,7,11-12H2,1H3,(H,27,31). The molecule has 10 heteroatoms. The number of carbonyl (C=O) groups excluding carboxylic acids is 3. The zero-order chi connectivity index (χ0) is 23.4. The van der Waals surface area contributed by atoms with E-state index in [9.17, 15) is 28.4 Å². The van der Waals surface area contributed by atoms with Crippen LogP contribution in [-0.2, 0) is 9.59 Å². The van der Waals surface area contributed by atoms with Gasteiger partial charge in [0.05, 0.1) is 29.1 Å². The normalized spacial score (nSPS) is 17.5. The summed E-state index contributed by atoms with van der Waals surface area (Å²) >= 11 is 5.62. The van der Waals surface area contributed by atoms with Gasteiger partial charge in [-0.2, -0.15) is 5.26 Å². The Morgan fingerprint density at radius 3 is 2.56 bits per heavy atom. The third kappa shape index (κ3) is 5.03. The molecule has 2 aromatic rings. The van der Waals surface area contributed by atoms with E-state index in [2.05, 4.69) is 5.32 Å². The number of halogens is 3. The van der Waals surface area contributed by atoms with Crippen LogP contribution in [0.1, 0.15) is 16.8 Å². The smallest absolute Gasteiger partial charge is 0.257 e. The van der Waals surface area contributed by atoms with Gasteiger partial charge in [0.1, 0.15) is 17.7 Å². The Morgan fingerprint density at radius 1 is 1.22 bits per heavy atom. The van der Waals surface area contributed by atoms with Gasteiger partial charge in [-0.1, -0.05) is 29.8 Å². The number of anilines is 1. The fraction of sp³-hybridized carbons (Fsp3) is 0.273. The highest BCUT2D eigenvalue weighted by Crippen LogP contribution is 2.25. The summed E-state index contributed by atoms with van der Waals surface area (Å²) in [6.07, 6.45) is 0.154. The van der Waals surface area contributed by atoms with E-state index in [4.69, 9.17) is 11.6 Å². The van der Waals surface area contributed by atoms with Gasteiger partial charge >= 0.3 is 0 Å². The van der Waals surface area contributed by atoms with Crippen molar-refractivity contribution >= 4 is 35.0 Å². The molecule has 1 N–H and O–H groups in total. The SMILES string of the molecule is CN(CC(=O)N1CC(C(=O)Nc2ccccc2)CC1C#N)C(=O)c1cc(Cl)c(F)cc1F. The minimum Gasteiger partial charge on any atom is -0.332 e. The van der Waals surface area contributed by atoms with Crippen LogP contribution in [0.4, 0.5) is 14.5 Å². The second-order valence-corrected chi connectivity index (χ2v) is 7.79. The maximum absolute atomic E-state index is 14.0. The highest BCUT2D eigenvalue weighted by atomic mass is 35.5. The number of nitrogens with one attached hydrogen (secondary N) is 1. The van der Waals surface area contributed by atoms with Crippen LogP contribution < -0.4 is 5.32 Å². The first-order chi connectivity index (χ1) is 15.2. The average molecular weight is 461 g/mol. The molecule has 1 heterocycles. The summed E-state index contributed by atoms with van der Waals surface area (Å²) in [6, 6.07) is 11.3. The number of carbonyl (C=O) groups is 3. The molecule has 0 spiro atoms. The second kappa shape index (κ2) is 9.75. The number of para-hydroxylation sites is 1. The van der Waals surface area contributed by atoms with E-state index in [1.807, 2.05) is 6.07 Å². The van der Waals surface area contributed by atoms with Crippen LogP contribution in [0.25, 0.3) is 0 Å². The molecule has 1 saturated heterocycles. The molecule has 0 saturated carbocycles. The maximum atomic E-state index is 14.0. The molecule has 2 atom stereocenters. The van der Waals surface area contributed by atoms with Crippen molar-refractivity contribution in [3.05, 3.63) is 64.7 Å². The third-order valence-electron chi connectivity index (χ3n) is 5.14. The number of amides is 3. The number of nitrogens with zero attached hydrogens (tertiary/aromatic N) is 3. The Balaban J connectivity index is 1.66. The zero-order valence-corrected chi connectivity index (χ0v) is 17.8. The van der Waals surface area contributed by atoms with Gasteiger partial charge in [0, 0.05) is 25.3 Å². The van der Waals surface area contributed by atoms with Gasteiger partial charge in [-0.3, -0.25) is 14.4 Å². The quantitative estimate of drug-likeness (QED) is 0.694. The van der Waals surface area contributed by atoms with Crippen molar-refractivity contribution in [1.29, 1.82) is 5.26 Å². The molecule has 2 aromatic carbocycles. The average Bonchev–Trinajstić information content (AvgIpc) is 3.21. The molecule has 1 aliphatic rings. The van der Waals surface area contributed by atoms with E-state index in [0.29, 0.717) is 11.8 Å². The van der Waals surface area contributed by atoms with Gasteiger partial charge in [0.15, 0.2) is 0 Å². The summed E-state index contributed by atoms with van der Waals surface area (Å²) in [5.74, 6) is -4.48. The maximum Gasteiger partial charge on any atom is 0.257 e. The van der Waals surface area contributed by atoms with Crippen molar-refractivity contribution in [3.8, 4) is 6.07 Å². The molecule has 3 rings (SSSR count). The number of benzene rings is 2. The van der Waals surface area contributed by atoms with Crippen LogP contribution in [0.5, 0.6) is 0 Å². The monoisotopic (exact) mass is 460 g/mol. The predicted molar refractivity (Wildman–Crippen MR) is 113 cm³/mol. The molecule has 3 amide bonds. The van der Waals surface area contributed by atoms with Gasteiger partial charge in [0.25, 0.3) is 5.91 Å². The third-order valence-corrected chi connectivity index (χ3v) is 5.43. The lowest BCUT2D eigenvalue weighted by Crippen LogP contribution is -2.43. The fourth-order valence-corrected chi connectivity index (χ4v) is 3.61. The summed E-state index contributed by atoms with van der Waals surface area (Å²) in [6.45, 7) is -0.451. The summed E-state index contributed by atoms with van der Waals surface area (Å²) in [7, 11) is 1.27. The molecule has 0 aliphatic carbocycles. The molecule has 1 aliphatic heterocycles. The van der Waals surface area contributed by atoms with Crippen molar-refractivity contribution in [2.24, 2.45) is 5.92 Å². The van der Waals surface area contributed by atoms with E-state index in [-0.39, 0.29) is 18.9 Å². The molecular formula is C22H19ClF2N4O3. The van der Waals surface area contributed by atoms with Gasteiger partial charge < -0.3 is 15.1 Å². The van der Waals surface area contributed by atoms with Gasteiger partial charge in [-0.25, -0.2) is 8.78 Å². The molecular weight excluding hydrogens is 442 g/mol. The summed E-state index contributed by atoms with van der Waals surface area (Å²) in [5, 5.41) is 11.8. The number of likely N-dealkylation sites (N-methyl/N-ethyl adjacent to an activating group) is 1. The topological polar surface area (TPSA) is 93.5 Å². The number of rotatable bonds is 5. The van der Waals surface area contributed by atoms with Crippen molar-refractivity contribution in [3.63, 3.8) is 0 Å². The number of hydrogen-bond donors (Lipinski definition) is 1. The molecule has 0 radical (unpaired) electrons. The van der Waals surface area contributed by atoms with Crippen molar-refractivity contribution in [1.82, 2.24) is 9.80 Å². The molecule has 1 fully saturated rings. The Kier molecular flexibility index (Phi) is 7.05. The number of nitriles is 1. The lowest BCUT2D eigenvalue weighted by Gasteiger charge is -2.24. The van der Waals surface area contributed by atoms with E-state index >= 15 is 0 Å².